The van der Waals surface area contributed by atoms with Gasteiger partial charge in [-0.1, -0.05) is 31.9 Å². The van der Waals surface area contributed by atoms with Crippen molar-refractivity contribution in [2.75, 3.05) is 6.54 Å². The van der Waals surface area contributed by atoms with Gasteiger partial charge in [0, 0.05) is 17.8 Å². The number of hydrogen-bond acceptors (Lipinski definition) is 2. The molecule has 0 bridgehead atoms. The van der Waals surface area contributed by atoms with E-state index in [0.29, 0.717) is 16.1 Å². The zero-order chi connectivity index (χ0) is 13.9. The SMILES string of the molecule is CCc1cc(C(=O)NCC2(CC)CCC2)cc(Cl)n1. The lowest BCUT2D eigenvalue weighted by molar-refractivity contribution is 0.0850. The minimum absolute atomic E-state index is 0.0428. The molecule has 0 radical (unpaired) electrons. The Bertz CT molecular complexity index is 464. The first kappa shape index (κ1) is 14.3. The highest BCUT2D eigenvalue weighted by Gasteiger charge is 2.35. The number of aromatic nitrogens is 1. The molecule has 1 amide bonds. The van der Waals surface area contributed by atoms with E-state index in [1.807, 2.05) is 13.0 Å². The molecule has 2 rings (SSSR count). The molecule has 0 atom stereocenters. The van der Waals surface area contributed by atoms with Gasteiger partial charge < -0.3 is 5.32 Å². The van der Waals surface area contributed by atoms with Crippen LogP contribution in [0.4, 0.5) is 0 Å². The Kier molecular flexibility index (Phi) is 4.46. The van der Waals surface area contributed by atoms with Gasteiger partial charge in [-0.15, -0.1) is 0 Å². The molecular weight excluding hydrogens is 260 g/mol. The molecule has 0 spiro atoms. The predicted octanol–water partition coefficient (Wildman–Crippen LogP) is 3.61. The summed E-state index contributed by atoms with van der Waals surface area (Å²) in [5, 5.41) is 3.43. The first-order valence-corrected chi connectivity index (χ1v) is 7.41. The number of hydrogen-bond donors (Lipinski definition) is 1. The van der Waals surface area contributed by atoms with Crippen molar-refractivity contribution in [1.82, 2.24) is 10.3 Å². The van der Waals surface area contributed by atoms with Gasteiger partial charge in [0.15, 0.2) is 0 Å². The third kappa shape index (κ3) is 3.27. The second-order valence-corrected chi connectivity index (χ2v) is 5.80. The molecule has 1 fully saturated rings. The molecule has 1 N–H and O–H groups in total. The maximum absolute atomic E-state index is 12.2. The van der Waals surface area contributed by atoms with E-state index < -0.39 is 0 Å². The van der Waals surface area contributed by atoms with E-state index in [9.17, 15) is 4.79 Å². The van der Waals surface area contributed by atoms with Crippen molar-refractivity contribution in [3.63, 3.8) is 0 Å². The van der Waals surface area contributed by atoms with Crippen LogP contribution in [0.5, 0.6) is 0 Å². The maximum atomic E-state index is 12.2. The first-order valence-electron chi connectivity index (χ1n) is 7.03. The molecular formula is C15H21ClN2O. The third-order valence-electron chi connectivity index (χ3n) is 4.26. The lowest BCUT2D eigenvalue weighted by Crippen LogP contribution is -2.41. The normalized spacial score (nSPS) is 16.8. The van der Waals surface area contributed by atoms with Gasteiger partial charge in [0.05, 0.1) is 0 Å². The number of pyridine rings is 1. The van der Waals surface area contributed by atoms with Gasteiger partial charge >= 0.3 is 0 Å². The molecule has 0 aromatic carbocycles. The highest BCUT2D eigenvalue weighted by molar-refractivity contribution is 6.29. The molecule has 3 nitrogen and oxygen atoms in total. The summed E-state index contributed by atoms with van der Waals surface area (Å²) in [7, 11) is 0. The third-order valence-corrected chi connectivity index (χ3v) is 4.45. The van der Waals surface area contributed by atoms with Crippen molar-refractivity contribution in [1.29, 1.82) is 0 Å². The van der Waals surface area contributed by atoms with Crippen LogP contribution in [0.15, 0.2) is 12.1 Å². The lowest BCUT2D eigenvalue weighted by Gasteiger charge is -2.41. The summed E-state index contributed by atoms with van der Waals surface area (Å²) in [5.41, 5.74) is 1.80. The Balaban J connectivity index is 2.01. The minimum atomic E-state index is -0.0428. The Labute approximate surface area is 119 Å². The lowest BCUT2D eigenvalue weighted by atomic mass is 9.67. The number of rotatable bonds is 5. The van der Waals surface area contributed by atoms with Crippen LogP contribution in [-0.2, 0) is 6.42 Å². The molecule has 0 aliphatic heterocycles. The highest BCUT2D eigenvalue weighted by Crippen LogP contribution is 2.43. The number of carbonyl (C=O) groups excluding carboxylic acids is 1. The molecule has 1 aromatic heterocycles. The zero-order valence-electron chi connectivity index (χ0n) is 11.6. The molecule has 1 aliphatic carbocycles. The Morgan fingerprint density at radius 3 is 2.68 bits per heavy atom. The Hall–Kier alpha value is -1.09. The summed E-state index contributed by atoms with van der Waals surface area (Å²) in [6.45, 7) is 4.97. The number of nitrogens with zero attached hydrogens (tertiary/aromatic N) is 1. The van der Waals surface area contributed by atoms with E-state index in [4.69, 9.17) is 11.6 Å². The number of nitrogens with one attached hydrogen (secondary N) is 1. The summed E-state index contributed by atoms with van der Waals surface area (Å²) >= 11 is 5.94. The van der Waals surface area contributed by atoms with E-state index in [0.717, 1.165) is 25.1 Å². The average molecular weight is 281 g/mol. The summed E-state index contributed by atoms with van der Waals surface area (Å²) in [4.78, 5) is 16.3. The molecule has 1 saturated carbocycles. The van der Waals surface area contributed by atoms with Crippen LogP contribution in [0, 0.1) is 5.41 Å². The van der Waals surface area contributed by atoms with Gasteiger partial charge in [0.25, 0.3) is 5.91 Å². The van der Waals surface area contributed by atoms with Crippen molar-refractivity contribution in [2.24, 2.45) is 5.41 Å². The summed E-state index contributed by atoms with van der Waals surface area (Å²) in [5.74, 6) is -0.0428. The molecule has 0 unspecified atom stereocenters. The molecule has 104 valence electrons. The fourth-order valence-corrected chi connectivity index (χ4v) is 2.79. The maximum Gasteiger partial charge on any atom is 0.251 e. The van der Waals surface area contributed by atoms with E-state index >= 15 is 0 Å². The summed E-state index contributed by atoms with van der Waals surface area (Å²) in [6.07, 6.45) is 5.64. The van der Waals surface area contributed by atoms with Crippen molar-refractivity contribution >= 4 is 17.5 Å². The average Bonchev–Trinajstić information content (AvgIpc) is 2.37. The fraction of sp³-hybridized carbons (Fsp3) is 0.600. The molecule has 4 heteroatoms. The number of aryl methyl sites for hydroxylation is 1. The topological polar surface area (TPSA) is 42.0 Å². The minimum Gasteiger partial charge on any atom is -0.351 e. The number of carbonyl (C=O) groups is 1. The first-order chi connectivity index (χ1) is 9.08. The number of amides is 1. The van der Waals surface area contributed by atoms with Crippen molar-refractivity contribution in [3.05, 3.63) is 28.5 Å². The van der Waals surface area contributed by atoms with Crippen LogP contribution in [0.1, 0.15) is 55.6 Å². The quantitative estimate of drug-likeness (QED) is 0.837. The number of halogens is 1. The van der Waals surface area contributed by atoms with Gasteiger partial charge in [-0.25, -0.2) is 4.98 Å². The van der Waals surface area contributed by atoms with E-state index in [2.05, 4.69) is 17.2 Å². The molecule has 1 heterocycles. The zero-order valence-corrected chi connectivity index (χ0v) is 12.4. The fourth-order valence-electron chi connectivity index (χ4n) is 2.57. The van der Waals surface area contributed by atoms with Crippen molar-refractivity contribution in [2.45, 2.75) is 46.0 Å². The van der Waals surface area contributed by atoms with E-state index in [1.54, 1.807) is 6.07 Å². The van der Waals surface area contributed by atoms with Crippen LogP contribution in [0.3, 0.4) is 0 Å². The Morgan fingerprint density at radius 2 is 2.16 bits per heavy atom. The summed E-state index contributed by atoms with van der Waals surface area (Å²) < 4.78 is 0. The smallest absolute Gasteiger partial charge is 0.251 e. The molecule has 19 heavy (non-hydrogen) atoms. The Morgan fingerprint density at radius 1 is 1.42 bits per heavy atom. The van der Waals surface area contributed by atoms with Gasteiger partial charge in [0.2, 0.25) is 0 Å². The predicted molar refractivity (Wildman–Crippen MR) is 77.5 cm³/mol. The van der Waals surface area contributed by atoms with Crippen molar-refractivity contribution in [3.8, 4) is 0 Å². The largest absolute Gasteiger partial charge is 0.351 e. The van der Waals surface area contributed by atoms with Crippen LogP contribution >= 0.6 is 11.6 Å². The van der Waals surface area contributed by atoms with Crippen LogP contribution in [0.25, 0.3) is 0 Å². The molecule has 0 saturated heterocycles. The van der Waals surface area contributed by atoms with Gasteiger partial charge in [-0.3, -0.25) is 4.79 Å². The van der Waals surface area contributed by atoms with E-state index in [1.165, 1.54) is 19.3 Å². The van der Waals surface area contributed by atoms with Crippen LogP contribution in [0.2, 0.25) is 5.15 Å². The monoisotopic (exact) mass is 280 g/mol. The molecule has 1 aliphatic rings. The second-order valence-electron chi connectivity index (χ2n) is 5.41. The summed E-state index contributed by atoms with van der Waals surface area (Å²) in [6, 6.07) is 3.45. The van der Waals surface area contributed by atoms with Gasteiger partial charge in [0.1, 0.15) is 5.15 Å². The van der Waals surface area contributed by atoms with Gasteiger partial charge in [-0.05, 0) is 43.2 Å². The van der Waals surface area contributed by atoms with Gasteiger partial charge in [-0.2, -0.15) is 0 Å². The van der Waals surface area contributed by atoms with Crippen LogP contribution in [-0.4, -0.2) is 17.4 Å². The molecule has 1 aromatic rings. The van der Waals surface area contributed by atoms with Crippen LogP contribution < -0.4 is 5.32 Å². The highest BCUT2D eigenvalue weighted by atomic mass is 35.5. The standard InChI is InChI=1S/C15H21ClN2O/c1-3-12-8-11(9-13(16)18-12)14(19)17-10-15(4-2)6-5-7-15/h8-9H,3-7,10H2,1-2H3,(H,17,19). The van der Waals surface area contributed by atoms with E-state index in [-0.39, 0.29) is 5.91 Å². The van der Waals surface area contributed by atoms with Crippen molar-refractivity contribution < 1.29 is 4.79 Å². The second kappa shape index (κ2) is 5.91.